The Kier molecular flexibility index (Phi) is 5.09. The molecule has 0 aromatic heterocycles. The first-order valence-electron chi connectivity index (χ1n) is 6.88. The third-order valence-corrected chi connectivity index (χ3v) is 3.29. The second-order valence-corrected chi connectivity index (χ2v) is 4.71. The second-order valence-electron chi connectivity index (χ2n) is 4.71. The highest BCUT2D eigenvalue weighted by Gasteiger charge is 2.12. The fraction of sp³-hybridized carbons (Fsp3) is 0.118. The molecule has 0 saturated heterocycles. The van der Waals surface area contributed by atoms with E-state index in [0.717, 1.165) is 0 Å². The van der Waals surface area contributed by atoms with Gasteiger partial charge in [-0.05, 0) is 42.0 Å². The Morgan fingerprint density at radius 2 is 1.91 bits per heavy atom. The molecule has 0 unspecified atom stereocenters. The van der Waals surface area contributed by atoms with Gasteiger partial charge in [-0.2, -0.15) is 0 Å². The summed E-state index contributed by atoms with van der Waals surface area (Å²) in [5.74, 6) is 0.483. The van der Waals surface area contributed by atoms with Crippen LogP contribution in [0.3, 0.4) is 0 Å². The van der Waals surface area contributed by atoms with Crippen LogP contribution in [0.15, 0.2) is 48.5 Å². The van der Waals surface area contributed by atoms with Crippen LogP contribution in [0.4, 0.5) is 11.4 Å². The lowest BCUT2D eigenvalue weighted by Crippen LogP contribution is -1.97. The van der Waals surface area contributed by atoms with Crippen LogP contribution in [0.5, 0.6) is 5.75 Å². The Balaban J connectivity index is 2.20. The number of hydrogen-bond acceptors (Lipinski definition) is 5. The highest BCUT2D eigenvalue weighted by Crippen LogP contribution is 2.25. The topological polar surface area (TPSA) is 81.5 Å². The molecule has 0 heterocycles. The SMILES string of the molecule is CNc1ccc(/C=C/C(=O)c2ccc(OC)cc2)cc1[N+](=O)[O-]. The van der Waals surface area contributed by atoms with E-state index in [-0.39, 0.29) is 11.5 Å². The maximum Gasteiger partial charge on any atom is 0.292 e. The number of ketones is 1. The van der Waals surface area contributed by atoms with Gasteiger partial charge in [0.15, 0.2) is 5.78 Å². The average Bonchev–Trinajstić information content (AvgIpc) is 2.59. The van der Waals surface area contributed by atoms with Crippen molar-refractivity contribution in [3.63, 3.8) is 0 Å². The monoisotopic (exact) mass is 312 g/mol. The molecule has 0 fully saturated rings. The molecule has 0 atom stereocenters. The van der Waals surface area contributed by atoms with Gasteiger partial charge in [0.2, 0.25) is 0 Å². The lowest BCUT2D eigenvalue weighted by atomic mass is 10.1. The van der Waals surface area contributed by atoms with Crippen LogP contribution in [0.25, 0.3) is 6.08 Å². The van der Waals surface area contributed by atoms with E-state index in [9.17, 15) is 14.9 Å². The van der Waals surface area contributed by atoms with E-state index >= 15 is 0 Å². The lowest BCUT2D eigenvalue weighted by Gasteiger charge is -2.03. The number of benzene rings is 2. The van der Waals surface area contributed by atoms with Crippen molar-refractivity contribution >= 4 is 23.2 Å². The van der Waals surface area contributed by atoms with Crippen molar-refractivity contribution in [2.75, 3.05) is 19.5 Å². The number of rotatable bonds is 6. The fourth-order valence-corrected chi connectivity index (χ4v) is 2.04. The Labute approximate surface area is 133 Å². The lowest BCUT2D eigenvalue weighted by molar-refractivity contribution is -0.383. The van der Waals surface area contributed by atoms with Crippen LogP contribution < -0.4 is 10.1 Å². The molecule has 0 aliphatic heterocycles. The van der Waals surface area contributed by atoms with Crippen molar-refractivity contribution in [1.82, 2.24) is 0 Å². The normalized spacial score (nSPS) is 10.5. The number of nitro benzene ring substituents is 1. The predicted octanol–water partition coefficient (Wildman–Crippen LogP) is 3.54. The number of nitrogens with one attached hydrogen (secondary N) is 1. The average molecular weight is 312 g/mol. The zero-order valence-electron chi connectivity index (χ0n) is 12.8. The zero-order valence-corrected chi connectivity index (χ0v) is 12.8. The van der Waals surface area contributed by atoms with E-state index < -0.39 is 4.92 Å². The summed E-state index contributed by atoms with van der Waals surface area (Å²) in [6.45, 7) is 0. The molecular formula is C17H16N2O4. The van der Waals surface area contributed by atoms with Crippen molar-refractivity contribution in [3.8, 4) is 5.75 Å². The first-order valence-corrected chi connectivity index (χ1v) is 6.88. The molecule has 6 heteroatoms. The van der Waals surface area contributed by atoms with E-state index in [1.54, 1.807) is 56.6 Å². The van der Waals surface area contributed by atoms with Gasteiger partial charge in [-0.15, -0.1) is 0 Å². The summed E-state index contributed by atoms with van der Waals surface area (Å²) >= 11 is 0. The van der Waals surface area contributed by atoms with Gasteiger partial charge in [-0.25, -0.2) is 0 Å². The van der Waals surface area contributed by atoms with Crippen molar-refractivity contribution in [2.45, 2.75) is 0 Å². The number of carbonyl (C=O) groups excluding carboxylic acids is 1. The molecular weight excluding hydrogens is 296 g/mol. The second kappa shape index (κ2) is 7.22. The van der Waals surface area contributed by atoms with E-state index in [0.29, 0.717) is 22.6 Å². The van der Waals surface area contributed by atoms with Crippen LogP contribution in [0.1, 0.15) is 15.9 Å². The smallest absolute Gasteiger partial charge is 0.292 e. The summed E-state index contributed by atoms with van der Waals surface area (Å²) in [4.78, 5) is 22.6. The third-order valence-electron chi connectivity index (χ3n) is 3.29. The van der Waals surface area contributed by atoms with Crippen LogP contribution in [-0.2, 0) is 0 Å². The fourth-order valence-electron chi connectivity index (χ4n) is 2.04. The van der Waals surface area contributed by atoms with Crippen LogP contribution in [0, 0.1) is 10.1 Å². The largest absolute Gasteiger partial charge is 0.497 e. The van der Waals surface area contributed by atoms with Gasteiger partial charge in [0.05, 0.1) is 12.0 Å². The third kappa shape index (κ3) is 3.94. The Bertz CT molecular complexity index is 752. The number of carbonyl (C=O) groups is 1. The van der Waals surface area contributed by atoms with Gasteiger partial charge in [0, 0.05) is 18.7 Å². The Morgan fingerprint density at radius 3 is 2.48 bits per heavy atom. The zero-order chi connectivity index (χ0) is 16.8. The molecule has 6 nitrogen and oxygen atoms in total. The Morgan fingerprint density at radius 1 is 1.22 bits per heavy atom. The van der Waals surface area contributed by atoms with Crippen molar-refractivity contribution in [1.29, 1.82) is 0 Å². The predicted molar refractivity (Wildman–Crippen MR) is 89.0 cm³/mol. The molecule has 2 aromatic carbocycles. The van der Waals surface area contributed by atoms with E-state index in [2.05, 4.69) is 5.32 Å². The molecule has 2 aromatic rings. The van der Waals surface area contributed by atoms with Crippen LogP contribution in [0.2, 0.25) is 0 Å². The molecule has 1 N–H and O–H groups in total. The Hall–Kier alpha value is -3.15. The number of nitrogens with zero attached hydrogens (tertiary/aromatic N) is 1. The minimum Gasteiger partial charge on any atom is -0.497 e. The molecule has 2 rings (SSSR count). The van der Waals surface area contributed by atoms with Crippen LogP contribution in [-0.4, -0.2) is 24.9 Å². The summed E-state index contributed by atoms with van der Waals surface area (Å²) in [7, 11) is 3.17. The minimum atomic E-state index is -0.464. The number of anilines is 1. The van der Waals surface area contributed by atoms with Crippen molar-refractivity contribution in [3.05, 3.63) is 69.8 Å². The summed E-state index contributed by atoms with van der Waals surface area (Å²) in [5, 5.41) is 13.8. The molecule has 118 valence electrons. The first-order chi connectivity index (χ1) is 11.0. The van der Waals surface area contributed by atoms with Gasteiger partial charge in [-0.1, -0.05) is 12.1 Å². The maximum atomic E-state index is 12.1. The molecule has 0 amide bonds. The number of methoxy groups -OCH3 is 1. The quantitative estimate of drug-likeness (QED) is 0.382. The number of hydrogen-bond donors (Lipinski definition) is 1. The molecule has 0 radical (unpaired) electrons. The molecule has 0 aliphatic rings. The van der Waals surface area contributed by atoms with E-state index in [1.807, 2.05) is 0 Å². The van der Waals surface area contributed by atoms with Gasteiger partial charge >= 0.3 is 0 Å². The molecule has 0 aliphatic carbocycles. The number of allylic oxidation sites excluding steroid dienone is 1. The van der Waals surface area contributed by atoms with Gasteiger partial charge < -0.3 is 10.1 Å². The highest BCUT2D eigenvalue weighted by atomic mass is 16.6. The van der Waals surface area contributed by atoms with Crippen LogP contribution >= 0.6 is 0 Å². The van der Waals surface area contributed by atoms with Crippen molar-refractivity contribution in [2.24, 2.45) is 0 Å². The van der Waals surface area contributed by atoms with Crippen molar-refractivity contribution < 1.29 is 14.5 Å². The molecule has 0 spiro atoms. The summed E-state index contributed by atoms with van der Waals surface area (Å²) < 4.78 is 5.04. The summed E-state index contributed by atoms with van der Waals surface area (Å²) in [6, 6.07) is 11.5. The van der Waals surface area contributed by atoms with Gasteiger partial charge in [0.25, 0.3) is 5.69 Å². The summed E-state index contributed by atoms with van der Waals surface area (Å²) in [6.07, 6.45) is 2.94. The van der Waals surface area contributed by atoms with E-state index in [4.69, 9.17) is 4.74 Å². The standard InChI is InChI=1S/C17H16N2O4/c1-18-15-9-3-12(11-16(15)19(21)22)4-10-17(20)13-5-7-14(23-2)8-6-13/h3-11,18H,1-2H3/b10-4+. The molecule has 0 saturated carbocycles. The highest BCUT2D eigenvalue weighted by molar-refractivity contribution is 6.06. The van der Waals surface area contributed by atoms with Gasteiger partial charge in [0.1, 0.15) is 11.4 Å². The summed E-state index contributed by atoms with van der Waals surface area (Å²) in [5.41, 5.74) is 1.49. The van der Waals surface area contributed by atoms with Gasteiger partial charge in [-0.3, -0.25) is 14.9 Å². The minimum absolute atomic E-state index is 0.0356. The number of nitro groups is 1. The molecule has 23 heavy (non-hydrogen) atoms. The number of ether oxygens (including phenoxy) is 1. The first kappa shape index (κ1) is 16.2. The molecule has 0 bridgehead atoms. The van der Waals surface area contributed by atoms with E-state index in [1.165, 1.54) is 12.1 Å². The maximum absolute atomic E-state index is 12.1.